The van der Waals surface area contributed by atoms with E-state index in [9.17, 15) is 0 Å². The molecular weight excluding hydrogens is 184 g/mol. The van der Waals surface area contributed by atoms with Gasteiger partial charge < -0.3 is 11.1 Å². The zero-order valence-corrected chi connectivity index (χ0v) is 10.2. The lowest BCUT2D eigenvalue weighted by Crippen LogP contribution is -2.26. The van der Waals surface area contributed by atoms with Gasteiger partial charge in [-0.05, 0) is 45.4 Å². The zero-order valence-electron chi connectivity index (χ0n) is 10.2. The second-order valence-electron chi connectivity index (χ2n) is 4.41. The van der Waals surface area contributed by atoms with E-state index in [1.165, 1.54) is 16.7 Å². The molecule has 15 heavy (non-hydrogen) atoms. The lowest BCUT2D eigenvalue weighted by Gasteiger charge is -2.21. The van der Waals surface area contributed by atoms with E-state index in [0.29, 0.717) is 6.04 Å². The molecular formula is C13H22N2. The lowest BCUT2D eigenvalue weighted by molar-refractivity contribution is 0.497. The quantitative estimate of drug-likeness (QED) is 0.793. The van der Waals surface area contributed by atoms with Crippen LogP contribution >= 0.6 is 0 Å². The summed E-state index contributed by atoms with van der Waals surface area (Å²) in [6.45, 7) is 6.33. The van der Waals surface area contributed by atoms with Gasteiger partial charge in [-0.1, -0.05) is 23.8 Å². The van der Waals surface area contributed by atoms with Crippen LogP contribution in [0.25, 0.3) is 0 Å². The van der Waals surface area contributed by atoms with Crippen LogP contribution in [0.2, 0.25) is 0 Å². The average molecular weight is 206 g/mol. The number of hydrogen-bond donors (Lipinski definition) is 2. The Morgan fingerprint density at radius 1 is 1.33 bits per heavy atom. The first-order valence-corrected chi connectivity index (χ1v) is 5.54. The van der Waals surface area contributed by atoms with Crippen LogP contribution in [-0.2, 0) is 0 Å². The molecule has 0 amide bonds. The molecule has 0 aliphatic rings. The summed E-state index contributed by atoms with van der Waals surface area (Å²) in [4.78, 5) is 0. The second-order valence-corrected chi connectivity index (χ2v) is 4.41. The third-order valence-electron chi connectivity index (χ3n) is 2.76. The Labute approximate surface area is 92.9 Å². The van der Waals surface area contributed by atoms with Crippen LogP contribution in [-0.4, -0.2) is 13.1 Å². The van der Waals surface area contributed by atoms with Gasteiger partial charge in [-0.25, -0.2) is 0 Å². The highest BCUT2D eigenvalue weighted by Gasteiger charge is 2.13. The van der Waals surface area contributed by atoms with Gasteiger partial charge >= 0.3 is 0 Å². The Balaban J connectivity index is 2.91. The first kappa shape index (κ1) is 12.2. The molecule has 0 saturated carbocycles. The maximum Gasteiger partial charge on any atom is 0.0334 e. The van der Waals surface area contributed by atoms with Crippen LogP contribution in [0.5, 0.6) is 0 Å². The molecule has 0 bridgehead atoms. The summed E-state index contributed by atoms with van der Waals surface area (Å²) in [5, 5.41) is 3.33. The second kappa shape index (κ2) is 5.29. The SMILES string of the molecule is CNC(CC(C)N)c1ccc(C)cc1C. The molecule has 3 N–H and O–H groups in total. The van der Waals surface area contributed by atoms with E-state index in [4.69, 9.17) is 5.73 Å². The first-order valence-electron chi connectivity index (χ1n) is 5.54. The highest BCUT2D eigenvalue weighted by atomic mass is 14.9. The average Bonchev–Trinajstić information content (AvgIpc) is 2.14. The third-order valence-corrected chi connectivity index (χ3v) is 2.76. The van der Waals surface area contributed by atoms with Gasteiger partial charge in [0.2, 0.25) is 0 Å². The highest BCUT2D eigenvalue weighted by Crippen LogP contribution is 2.22. The summed E-state index contributed by atoms with van der Waals surface area (Å²) in [6.07, 6.45) is 0.973. The molecule has 2 atom stereocenters. The van der Waals surface area contributed by atoms with Crippen molar-refractivity contribution in [1.29, 1.82) is 0 Å². The zero-order chi connectivity index (χ0) is 11.4. The Kier molecular flexibility index (Phi) is 4.30. The molecule has 0 heterocycles. The minimum absolute atomic E-state index is 0.225. The standard InChI is InChI=1S/C13H22N2/c1-9-5-6-12(10(2)7-9)13(15-4)8-11(3)14/h5-7,11,13,15H,8,14H2,1-4H3. The number of hydrogen-bond acceptors (Lipinski definition) is 2. The summed E-state index contributed by atoms with van der Waals surface area (Å²) in [5.74, 6) is 0. The minimum Gasteiger partial charge on any atom is -0.328 e. The topological polar surface area (TPSA) is 38.0 Å². The maximum atomic E-state index is 5.85. The Bertz CT molecular complexity index is 318. The van der Waals surface area contributed by atoms with E-state index >= 15 is 0 Å². The van der Waals surface area contributed by atoms with Crippen molar-refractivity contribution in [3.05, 3.63) is 34.9 Å². The summed E-state index contributed by atoms with van der Waals surface area (Å²) in [5.41, 5.74) is 9.86. The molecule has 2 unspecified atom stereocenters. The summed E-state index contributed by atoms with van der Waals surface area (Å²) in [6, 6.07) is 7.18. The van der Waals surface area contributed by atoms with Crippen molar-refractivity contribution in [3.63, 3.8) is 0 Å². The molecule has 0 aliphatic carbocycles. The largest absolute Gasteiger partial charge is 0.328 e. The molecule has 0 saturated heterocycles. The Morgan fingerprint density at radius 3 is 2.47 bits per heavy atom. The molecule has 0 aromatic heterocycles. The molecule has 0 fully saturated rings. The van der Waals surface area contributed by atoms with Crippen LogP contribution < -0.4 is 11.1 Å². The smallest absolute Gasteiger partial charge is 0.0334 e. The van der Waals surface area contributed by atoms with Gasteiger partial charge in [0.25, 0.3) is 0 Å². The van der Waals surface area contributed by atoms with Crippen molar-refractivity contribution >= 4 is 0 Å². The first-order chi connectivity index (χ1) is 7.04. The summed E-state index contributed by atoms with van der Waals surface area (Å²) in [7, 11) is 1.99. The molecule has 1 aromatic rings. The van der Waals surface area contributed by atoms with Crippen molar-refractivity contribution in [3.8, 4) is 0 Å². The Morgan fingerprint density at radius 2 is 2.00 bits per heavy atom. The molecule has 0 radical (unpaired) electrons. The van der Waals surface area contributed by atoms with Gasteiger partial charge in [0.1, 0.15) is 0 Å². The highest BCUT2D eigenvalue weighted by molar-refractivity contribution is 5.32. The summed E-state index contributed by atoms with van der Waals surface area (Å²) >= 11 is 0. The van der Waals surface area contributed by atoms with Crippen molar-refractivity contribution < 1.29 is 0 Å². The predicted molar refractivity (Wildman–Crippen MR) is 66.0 cm³/mol. The third kappa shape index (κ3) is 3.33. The van der Waals surface area contributed by atoms with Gasteiger partial charge in [0, 0.05) is 12.1 Å². The van der Waals surface area contributed by atoms with Crippen LogP contribution in [0.15, 0.2) is 18.2 Å². The number of nitrogens with two attached hydrogens (primary N) is 1. The fraction of sp³-hybridized carbons (Fsp3) is 0.538. The fourth-order valence-electron chi connectivity index (χ4n) is 1.99. The molecule has 1 rings (SSSR count). The van der Waals surface area contributed by atoms with E-state index in [1.807, 2.05) is 14.0 Å². The van der Waals surface area contributed by atoms with Crippen molar-refractivity contribution in [1.82, 2.24) is 5.32 Å². The van der Waals surface area contributed by atoms with Gasteiger partial charge in [0.15, 0.2) is 0 Å². The van der Waals surface area contributed by atoms with Crippen molar-refractivity contribution in [2.45, 2.75) is 39.3 Å². The number of benzene rings is 1. The monoisotopic (exact) mass is 206 g/mol. The van der Waals surface area contributed by atoms with Crippen molar-refractivity contribution in [2.75, 3.05) is 7.05 Å². The van der Waals surface area contributed by atoms with Gasteiger partial charge in [-0.2, -0.15) is 0 Å². The molecule has 0 spiro atoms. The lowest BCUT2D eigenvalue weighted by atomic mass is 9.95. The van der Waals surface area contributed by atoms with Crippen LogP contribution in [0.3, 0.4) is 0 Å². The van der Waals surface area contributed by atoms with E-state index in [2.05, 4.69) is 37.4 Å². The van der Waals surface area contributed by atoms with Crippen molar-refractivity contribution in [2.24, 2.45) is 5.73 Å². The predicted octanol–water partition coefficient (Wildman–Crippen LogP) is 2.30. The van der Waals surface area contributed by atoms with E-state index in [0.717, 1.165) is 6.42 Å². The minimum atomic E-state index is 0.225. The Hall–Kier alpha value is -0.860. The van der Waals surface area contributed by atoms with Crippen LogP contribution in [0, 0.1) is 13.8 Å². The molecule has 1 aromatic carbocycles. The summed E-state index contributed by atoms with van der Waals surface area (Å²) < 4.78 is 0. The van der Waals surface area contributed by atoms with Gasteiger partial charge in [-0.15, -0.1) is 0 Å². The number of rotatable bonds is 4. The molecule has 2 heteroatoms. The maximum absolute atomic E-state index is 5.85. The normalized spacial score (nSPS) is 15.0. The van der Waals surface area contributed by atoms with Crippen LogP contribution in [0.1, 0.15) is 36.1 Å². The fourth-order valence-corrected chi connectivity index (χ4v) is 1.99. The van der Waals surface area contributed by atoms with E-state index in [1.54, 1.807) is 0 Å². The number of nitrogens with one attached hydrogen (secondary N) is 1. The molecule has 0 aliphatic heterocycles. The van der Waals surface area contributed by atoms with Gasteiger partial charge in [-0.3, -0.25) is 0 Å². The number of aryl methyl sites for hydroxylation is 2. The van der Waals surface area contributed by atoms with Gasteiger partial charge in [0.05, 0.1) is 0 Å². The molecule has 2 nitrogen and oxygen atoms in total. The molecule has 84 valence electrons. The van der Waals surface area contributed by atoms with E-state index < -0.39 is 0 Å². The van der Waals surface area contributed by atoms with Crippen LogP contribution in [0.4, 0.5) is 0 Å². The van der Waals surface area contributed by atoms with E-state index in [-0.39, 0.29) is 6.04 Å².